The van der Waals surface area contributed by atoms with Crippen molar-refractivity contribution in [1.82, 2.24) is 9.97 Å². The fraction of sp³-hybridized carbons (Fsp3) is 0.143. The lowest BCUT2D eigenvalue weighted by Crippen LogP contribution is -2.09. The van der Waals surface area contributed by atoms with Crippen LogP contribution in [0.1, 0.15) is 34.6 Å². The fourth-order valence-corrected chi connectivity index (χ4v) is 2.52. The Morgan fingerprint density at radius 1 is 1.00 bits per heavy atom. The highest BCUT2D eigenvalue weighted by Crippen LogP contribution is 2.21. The number of aromatic nitrogens is 2. The van der Waals surface area contributed by atoms with E-state index in [2.05, 4.69) is 20.6 Å². The Kier molecular flexibility index (Phi) is 5.96. The molecule has 1 aromatic heterocycles. The predicted molar refractivity (Wildman–Crippen MR) is 107 cm³/mol. The largest absolute Gasteiger partial charge is 0.462 e. The van der Waals surface area contributed by atoms with E-state index in [0.29, 0.717) is 35.2 Å². The third kappa shape index (κ3) is 4.70. The molecule has 142 valence electrons. The number of ketones is 1. The van der Waals surface area contributed by atoms with Crippen LogP contribution in [0.25, 0.3) is 0 Å². The van der Waals surface area contributed by atoms with Gasteiger partial charge in [-0.1, -0.05) is 12.1 Å². The molecular weight excluding hydrogens is 356 g/mol. The van der Waals surface area contributed by atoms with Crippen LogP contribution in [0.2, 0.25) is 0 Å². The summed E-state index contributed by atoms with van der Waals surface area (Å²) in [5.74, 6) is 0.509. The zero-order valence-electron chi connectivity index (χ0n) is 15.6. The number of nitrogens with one attached hydrogen (secondary N) is 2. The van der Waals surface area contributed by atoms with E-state index in [-0.39, 0.29) is 5.78 Å². The number of ether oxygens (including phenoxy) is 1. The first kappa shape index (κ1) is 19.0. The average Bonchev–Trinajstić information content (AvgIpc) is 2.69. The molecule has 0 unspecified atom stereocenters. The summed E-state index contributed by atoms with van der Waals surface area (Å²) in [6, 6.07) is 15.9. The topological polar surface area (TPSA) is 93.2 Å². The van der Waals surface area contributed by atoms with Crippen LogP contribution < -0.4 is 10.6 Å². The first-order chi connectivity index (χ1) is 13.6. The molecule has 0 fully saturated rings. The van der Waals surface area contributed by atoms with Gasteiger partial charge >= 0.3 is 5.97 Å². The Hall–Kier alpha value is -3.74. The number of esters is 1. The molecule has 7 nitrogen and oxygen atoms in total. The molecule has 0 saturated carbocycles. The maximum atomic E-state index is 12.1. The first-order valence-electron chi connectivity index (χ1n) is 8.81. The number of para-hydroxylation sites is 1. The van der Waals surface area contributed by atoms with Crippen LogP contribution >= 0.6 is 0 Å². The Morgan fingerprint density at radius 2 is 1.75 bits per heavy atom. The summed E-state index contributed by atoms with van der Waals surface area (Å²) in [7, 11) is 0. The van der Waals surface area contributed by atoms with Crippen molar-refractivity contribution < 1.29 is 14.3 Å². The molecule has 0 aliphatic heterocycles. The maximum absolute atomic E-state index is 12.1. The number of hydrogen-bond acceptors (Lipinski definition) is 7. The Bertz CT molecular complexity index is 987. The number of anilines is 4. The van der Waals surface area contributed by atoms with E-state index < -0.39 is 5.97 Å². The second-order valence-corrected chi connectivity index (χ2v) is 5.92. The molecule has 2 N–H and O–H groups in total. The summed E-state index contributed by atoms with van der Waals surface area (Å²) < 4.78 is 5.08. The lowest BCUT2D eigenvalue weighted by molar-refractivity contribution is 0.0527. The van der Waals surface area contributed by atoms with Crippen molar-refractivity contribution >= 4 is 34.9 Å². The zero-order valence-corrected chi connectivity index (χ0v) is 15.6. The van der Waals surface area contributed by atoms with E-state index in [9.17, 15) is 9.59 Å². The van der Waals surface area contributed by atoms with Crippen LogP contribution in [0.4, 0.5) is 23.1 Å². The minimum atomic E-state index is -0.412. The van der Waals surface area contributed by atoms with E-state index in [1.165, 1.54) is 6.92 Å². The molecule has 0 saturated heterocycles. The van der Waals surface area contributed by atoms with Gasteiger partial charge in [-0.2, -0.15) is 4.98 Å². The van der Waals surface area contributed by atoms with Gasteiger partial charge in [0.05, 0.1) is 17.9 Å². The van der Waals surface area contributed by atoms with Gasteiger partial charge < -0.3 is 15.4 Å². The van der Waals surface area contributed by atoms with Gasteiger partial charge in [0, 0.05) is 17.4 Å². The van der Waals surface area contributed by atoms with Crippen LogP contribution in [0, 0.1) is 0 Å². The third-order valence-electron chi connectivity index (χ3n) is 3.89. The van der Waals surface area contributed by atoms with Crippen LogP contribution in [-0.2, 0) is 4.74 Å². The number of Topliss-reactive ketones (excluding diaryl/α,β-unsaturated/α-hetero) is 1. The van der Waals surface area contributed by atoms with E-state index in [0.717, 1.165) is 5.69 Å². The van der Waals surface area contributed by atoms with Crippen molar-refractivity contribution in [3.63, 3.8) is 0 Å². The second kappa shape index (κ2) is 8.77. The first-order valence-corrected chi connectivity index (χ1v) is 8.81. The van der Waals surface area contributed by atoms with Gasteiger partial charge in [-0.15, -0.1) is 0 Å². The number of benzene rings is 2. The minimum Gasteiger partial charge on any atom is -0.462 e. The number of nitrogens with zero attached hydrogens (tertiary/aromatic N) is 2. The smallest absolute Gasteiger partial charge is 0.340 e. The molecule has 0 radical (unpaired) electrons. The molecule has 0 atom stereocenters. The van der Waals surface area contributed by atoms with Gasteiger partial charge in [0.1, 0.15) is 5.82 Å². The van der Waals surface area contributed by atoms with Crippen molar-refractivity contribution in [2.75, 3.05) is 17.2 Å². The predicted octanol–water partition coefficient (Wildman–Crippen LogP) is 4.34. The highest BCUT2D eigenvalue weighted by molar-refractivity contribution is 5.96. The second-order valence-electron chi connectivity index (χ2n) is 5.92. The van der Waals surface area contributed by atoms with E-state index in [1.54, 1.807) is 49.5 Å². The molecule has 28 heavy (non-hydrogen) atoms. The van der Waals surface area contributed by atoms with E-state index in [4.69, 9.17) is 4.74 Å². The Balaban J connectivity index is 1.77. The lowest BCUT2D eigenvalue weighted by atomic mass is 10.1. The highest BCUT2D eigenvalue weighted by atomic mass is 16.5. The lowest BCUT2D eigenvalue weighted by Gasteiger charge is -2.11. The third-order valence-corrected chi connectivity index (χ3v) is 3.89. The van der Waals surface area contributed by atoms with Crippen LogP contribution in [0.5, 0.6) is 0 Å². The average molecular weight is 376 g/mol. The number of rotatable bonds is 7. The number of hydrogen-bond donors (Lipinski definition) is 2. The standard InChI is InChI=1S/C21H20N4O3/c1-3-28-20(27)17-6-4-5-7-18(17)24-21-22-13-12-19(25-21)23-16-10-8-15(9-11-16)14(2)26/h4-13H,3H2,1-2H3,(H2,22,23,24,25). The van der Waals surface area contributed by atoms with E-state index >= 15 is 0 Å². The van der Waals surface area contributed by atoms with Crippen molar-refractivity contribution in [3.05, 3.63) is 71.9 Å². The van der Waals surface area contributed by atoms with Gasteiger partial charge in [-0.05, 0) is 56.3 Å². The molecule has 3 aromatic rings. The van der Waals surface area contributed by atoms with E-state index in [1.807, 2.05) is 18.2 Å². The molecule has 1 heterocycles. The van der Waals surface area contributed by atoms with Crippen molar-refractivity contribution in [2.45, 2.75) is 13.8 Å². The van der Waals surface area contributed by atoms with Gasteiger partial charge in [0.15, 0.2) is 5.78 Å². The Morgan fingerprint density at radius 3 is 2.46 bits per heavy atom. The van der Waals surface area contributed by atoms with Crippen LogP contribution in [0.15, 0.2) is 60.8 Å². The molecule has 0 aliphatic rings. The summed E-state index contributed by atoms with van der Waals surface area (Å²) >= 11 is 0. The highest BCUT2D eigenvalue weighted by Gasteiger charge is 2.13. The summed E-state index contributed by atoms with van der Waals surface area (Å²) in [5.41, 5.74) is 2.41. The summed E-state index contributed by atoms with van der Waals surface area (Å²) in [4.78, 5) is 32.1. The van der Waals surface area contributed by atoms with Gasteiger partial charge in [-0.25, -0.2) is 9.78 Å². The molecular formula is C21H20N4O3. The SMILES string of the molecule is CCOC(=O)c1ccccc1Nc1nccc(Nc2ccc(C(C)=O)cc2)n1. The quantitative estimate of drug-likeness (QED) is 0.468. The van der Waals surface area contributed by atoms with Crippen molar-refractivity contribution in [1.29, 1.82) is 0 Å². The normalized spacial score (nSPS) is 10.2. The molecule has 0 aliphatic carbocycles. The molecule has 0 amide bonds. The van der Waals surface area contributed by atoms with Crippen LogP contribution in [0.3, 0.4) is 0 Å². The van der Waals surface area contributed by atoms with Crippen molar-refractivity contribution in [2.24, 2.45) is 0 Å². The van der Waals surface area contributed by atoms with Gasteiger partial charge in [-0.3, -0.25) is 4.79 Å². The van der Waals surface area contributed by atoms with Gasteiger partial charge in [0.2, 0.25) is 5.95 Å². The van der Waals surface area contributed by atoms with Crippen LogP contribution in [-0.4, -0.2) is 28.3 Å². The molecule has 0 bridgehead atoms. The molecule has 3 rings (SSSR count). The van der Waals surface area contributed by atoms with Crippen molar-refractivity contribution in [3.8, 4) is 0 Å². The summed E-state index contributed by atoms with van der Waals surface area (Å²) in [5, 5.41) is 6.21. The summed E-state index contributed by atoms with van der Waals surface area (Å²) in [6.07, 6.45) is 1.61. The molecule has 7 heteroatoms. The fourth-order valence-electron chi connectivity index (χ4n) is 2.52. The summed E-state index contributed by atoms with van der Waals surface area (Å²) in [6.45, 7) is 3.58. The zero-order chi connectivity index (χ0) is 19.9. The molecule has 2 aromatic carbocycles. The number of carbonyl (C=O) groups is 2. The monoisotopic (exact) mass is 376 g/mol. The maximum Gasteiger partial charge on any atom is 0.340 e. The minimum absolute atomic E-state index is 0.0142. The Labute approximate surface area is 162 Å². The van der Waals surface area contributed by atoms with Gasteiger partial charge in [0.25, 0.3) is 0 Å². The number of carbonyl (C=O) groups excluding carboxylic acids is 2. The molecule has 0 spiro atoms.